The minimum atomic E-state index is -1.85. The Morgan fingerprint density at radius 3 is 2.58 bits per heavy atom. The van der Waals surface area contributed by atoms with Gasteiger partial charge in [-0.15, -0.1) is 0 Å². The van der Waals surface area contributed by atoms with Gasteiger partial charge < -0.3 is 25.5 Å². The SMILES string of the molecule is Cc1ccc2oc(=O)c(CC(O)(CCc3ccc(NCCCN4CCCCC4)cc3)C(N)=O)cc2c1. The van der Waals surface area contributed by atoms with E-state index >= 15 is 0 Å². The van der Waals surface area contributed by atoms with E-state index in [-0.39, 0.29) is 18.4 Å². The summed E-state index contributed by atoms with van der Waals surface area (Å²) in [5.74, 6) is -0.849. The van der Waals surface area contributed by atoms with Gasteiger partial charge in [-0.1, -0.05) is 30.2 Å². The van der Waals surface area contributed by atoms with Crippen molar-refractivity contribution in [1.29, 1.82) is 0 Å². The van der Waals surface area contributed by atoms with Gasteiger partial charge in [0.25, 0.3) is 0 Å². The smallest absolute Gasteiger partial charge is 0.339 e. The maximum Gasteiger partial charge on any atom is 0.339 e. The molecule has 7 heteroatoms. The predicted octanol–water partition coefficient (Wildman–Crippen LogP) is 3.78. The van der Waals surface area contributed by atoms with Crippen LogP contribution in [0.2, 0.25) is 0 Å². The molecule has 1 fully saturated rings. The first kappa shape index (κ1) is 25.9. The zero-order valence-electron chi connectivity index (χ0n) is 21.1. The van der Waals surface area contributed by atoms with Crippen LogP contribution in [0.15, 0.2) is 57.7 Å². The molecule has 4 N–H and O–H groups in total. The lowest BCUT2D eigenvalue weighted by atomic mass is 9.88. The van der Waals surface area contributed by atoms with Crippen molar-refractivity contribution in [2.24, 2.45) is 5.73 Å². The number of primary amides is 1. The number of piperidine rings is 1. The lowest BCUT2D eigenvalue weighted by Gasteiger charge is -2.26. The highest BCUT2D eigenvalue weighted by molar-refractivity contribution is 5.84. The van der Waals surface area contributed by atoms with Gasteiger partial charge in [-0.2, -0.15) is 0 Å². The quantitative estimate of drug-likeness (QED) is 0.278. The Hall–Kier alpha value is -3.16. The molecule has 36 heavy (non-hydrogen) atoms. The molecular formula is C29H37N3O4. The lowest BCUT2D eigenvalue weighted by molar-refractivity contribution is -0.136. The largest absolute Gasteiger partial charge is 0.423 e. The van der Waals surface area contributed by atoms with Crippen LogP contribution in [0.1, 0.15) is 48.8 Å². The summed E-state index contributed by atoms with van der Waals surface area (Å²) in [5, 5.41) is 15.3. The van der Waals surface area contributed by atoms with Gasteiger partial charge in [-0.25, -0.2) is 4.79 Å². The molecule has 0 spiro atoms. The molecule has 0 saturated carbocycles. The highest BCUT2D eigenvalue weighted by Gasteiger charge is 2.35. The number of likely N-dealkylation sites (tertiary alicyclic amines) is 1. The van der Waals surface area contributed by atoms with Gasteiger partial charge >= 0.3 is 5.63 Å². The van der Waals surface area contributed by atoms with E-state index in [0.717, 1.165) is 41.7 Å². The van der Waals surface area contributed by atoms with Gasteiger partial charge in [0, 0.05) is 29.6 Å². The molecule has 0 bridgehead atoms. The molecule has 1 aliphatic heterocycles. The third-order valence-corrected chi connectivity index (χ3v) is 7.11. The molecule has 1 saturated heterocycles. The van der Waals surface area contributed by atoms with Crippen LogP contribution in [0.25, 0.3) is 11.0 Å². The molecule has 2 aromatic carbocycles. The van der Waals surface area contributed by atoms with Gasteiger partial charge in [0.1, 0.15) is 11.2 Å². The first-order valence-electron chi connectivity index (χ1n) is 12.9. The third kappa shape index (κ3) is 6.74. The van der Waals surface area contributed by atoms with Gasteiger partial charge in [-0.3, -0.25) is 4.79 Å². The second-order valence-electron chi connectivity index (χ2n) is 10.1. The van der Waals surface area contributed by atoms with E-state index in [4.69, 9.17) is 10.2 Å². The van der Waals surface area contributed by atoms with Crippen LogP contribution in [0.3, 0.4) is 0 Å². The van der Waals surface area contributed by atoms with E-state index in [1.165, 1.54) is 32.4 Å². The number of nitrogens with one attached hydrogen (secondary N) is 1. The number of hydrogen-bond donors (Lipinski definition) is 3. The van der Waals surface area contributed by atoms with Crippen molar-refractivity contribution in [2.75, 3.05) is 31.5 Å². The van der Waals surface area contributed by atoms with Crippen molar-refractivity contribution in [3.05, 3.63) is 75.6 Å². The Morgan fingerprint density at radius 1 is 1.11 bits per heavy atom. The summed E-state index contributed by atoms with van der Waals surface area (Å²) < 4.78 is 5.40. The van der Waals surface area contributed by atoms with E-state index in [1.54, 1.807) is 12.1 Å². The van der Waals surface area contributed by atoms with E-state index in [1.807, 2.05) is 43.3 Å². The molecule has 7 nitrogen and oxygen atoms in total. The number of benzene rings is 2. The van der Waals surface area contributed by atoms with Crippen LogP contribution in [-0.4, -0.2) is 47.7 Å². The number of carbonyl (C=O) groups excluding carboxylic acids is 1. The van der Waals surface area contributed by atoms with Crippen LogP contribution >= 0.6 is 0 Å². The fourth-order valence-electron chi connectivity index (χ4n) is 4.88. The number of carbonyl (C=O) groups is 1. The Bertz CT molecular complexity index is 1230. The van der Waals surface area contributed by atoms with E-state index in [0.29, 0.717) is 12.0 Å². The molecule has 2 heterocycles. The molecule has 1 unspecified atom stereocenters. The normalized spacial score (nSPS) is 16.1. The van der Waals surface area contributed by atoms with Crippen molar-refractivity contribution in [3.63, 3.8) is 0 Å². The first-order chi connectivity index (χ1) is 17.3. The molecule has 3 aromatic rings. The Balaban J connectivity index is 1.33. The number of hydrogen-bond acceptors (Lipinski definition) is 6. The fraction of sp³-hybridized carbons (Fsp3) is 0.448. The third-order valence-electron chi connectivity index (χ3n) is 7.11. The molecule has 1 aliphatic rings. The standard InChI is InChI=1S/C29H37N3O4/c1-21-6-11-26-23(18-21)19-24(27(33)36-26)20-29(35,28(30)34)13-12-22-7-9-25(10-8-22)31-14-5-17-32-15-3-2-4-16-32/h6-11,18-19,31,35H,2-5,12-17,20H2,1H3,(H2,30,34). The van der Waals surface area contributed by atoms with Crippen LogP contribution < -0.4 is 16.7 Å². The minimum Gasteiger partial charge on any atom is -0.423 e. The van der Waals surface area contributed by atoms with Gasteiger partial charge in [0.05, 0.1) is 0 Å². The Morgan fingerprint density at radius 2 is 1.86 bits per heavy atom. The minimum absolute atomic E-state index is 0.107. The average molecular weight is 492 g/mol. The summed E-state index contributed by atoms with van der Waals surface area (Å²) in [4.78, 5) is 27.2. The summed E-state index contributed by atoms with van der Waals surface area (Å²) in [7, 11) is 0. The number of nitrogens with two attached hydrogens (primary N) is 1. The number of aliphatic hydroxyl groups is 1. The van der Waals surface area contributed by atoms with Crippen molar-refractivity contribution < 1.29 is 14.3 Å². The number of amides is 1. The second-order valence-corrected chi connectivity index (χ2v) is 10.1. The van der Waals surface area contributed by atoms with Crippen LogP contribution in [-0.2, 0) is 17.6 Å². The fourth-order valence-corrected chi connectivity index (χ4v) is 4.88. The summed E-state index contributed by atoms with van der Waals surface area (Å²) in [6, 6.07) is 15.2. The molecule has 1 amide bonds. The molecule has 0 aliphatic carbocycles. The topological polar surface area (TPSA) is 109 Å². The highest BCUT2D eigenvalue weighted by atomic mass is 16.4. The van der Waals surface area contributed by atoms with Crippen LogP contribution in [0.4, 0.5) is 5.69 Å². The maximum absolute atomic E-state index is 12.5. The summed E-state index contributed by atoms with van der Waals surface area (Å²) >= 11 is 0. The molecule has 1 aromatic heterocycles. The van der Waals surface area contributed by atoms with Gasteiger partial charge in [0.2, 0.25) is 5.91 Å². The monoisotopic (exact) mass is 491 g/mol. The Kier molecular flexibility index (Phi) is 8.44. The van der Waals surface area contributed by atoms with Crippen molar-refractivity contribution in [2.45, 2.75) is 57.5 Å². The van der Waals surface area contributed by atoms with E-state index in [2.05, 4.69) is 10.2 Å². The number of anilines is 1. The molecule has 4 rings (SSSR count). The number of nitrogens with zero attached hydrogens (tertiary/aromatic N) is 1. The maximum atomic E-state index is 12.5. The highest BCUT2D eigenvalue weighted by Crippen LogP contribution is 2.23. The van der Waals surface area contributed by atoms with E-state index in [9.17, 15) is 14.7 Å². The molecule has 1 atom stereocenters. The summed E-state index contributed by atoms with van der Waals surface area (Å²) in [5.41, 5.74) is 6.92. The van der Waals surface area contributed by atoms with Gasteiger partial charge in [0.15, 0.2) is 0 Å². The molecule has 0 radical (unpaired) electrons. The lowest BCUT2D eigenvalue weighted by Crippen LogP contribution is -2.47. The summed E-state index contributed by atoms with van der Waals surface area (Å²) in [6.45, 7) is 6.44. The predicted molar refractivity (Wildman–Crippen MR) is 143 cm³/mol. The number of fused-ring (bicyclic) bond motifs is 1. The summed E-state index contributed by atoms with van der Waals surface area (Å²) in [6.07, 6.45) is 5.46. The first-order valence-corrected chi connectivity index (χ1v) is 12.9. The molecular weight excluding hydrogens is 454 g/mol. The average Bonchev–Trinajstić information content (AvgIpc) is 2.87. The van der Waals surface area contributed by atoms with Crippen LogP contribution in [0, 0.1) is 6.92 Å². The second kappa shape index (κ2) is 11.7. The van der Waals surface area contributed by atoms with Crippen LogP contribution in [0.5, 0.6) is 0 Å². The van der Waals surface area contributed by atoms with Crippen molar-refractivity contribution in [1.82, 2.24) is 4.90 Å². The van der Waals surface area contributed by atoms with E-state index < -0.39 is 17.1 Å². The Labute approximate surface area is 212 Å². The van der Waals surface area contributed by atoms with Crippen molar-refractivity contribution >= 4 is 22.6 Å². The number of rotatable bonds is 11. The molecule has 192 valence electrons. The number of aryl methyl sites for hydroxylation is 2. The zero-order valence-corrected chi connectivity index (χ0v) is 21.1. The van der Waals surface area contributed by atoms with Crippen molar-refractivity contribution in [3.8, 4) is 0 Å². The van der Waals surface area contributed by atoms with Gasteiger partial charge in [-0.05, 0) is 94.6 Å². The zero-order chi connectivity index (χ0) is 25.5.